The first-order chi connectivity index (χ1) is 7.09. The Kier molecular flexibility index (Phi) is 2.56. The zero-order valence-electron chi connectivity index (χ0n) is 9.96. The van der Waals surface area contributed by atoms with E-state index >= 15 is 0 Å². The molecule has 0 unspecified atom stereocenters. The third-order valence-electron chi connectivity index (χ3n) is 3.03. The summed E-state index contributed by atoms with van der Waals surface area (Å²) < 4.78 is 0. The van der Waals surface area contributed by atoms with E-state index in [4.69, 9.17) is 0 Å². The van der Waals surface area contributed by atoms with Crippen LogP contribution in [0.3, 0.4) is 0 Å². The molecule has 0 saturated heterocycles. The standard InChI is InChI=1S/C14H19N/c1-9(2)11-5-6-14-12(7-11)13(8-15-14)10(3)4/h5-10,15H,1-4H3. The average Bonchev–Trinajstić information content (AvgIpc) is 2.59. The van der Waals surface area contributed by atoms with Crippen LogP contribution in [-0.4, -0.2) is 4.98 Å². The monoisotopic (exact) mass is 201 g/mol. The molecule has 0 aliphatic rings. The van der Waals surface area contributed by atoms with Gasteiger partial charge in [-0.2, -0.15) is 0 Å². The molecule has 0 amide bonds. The molecule has 1 aromatic carbocycles. The van der Waals surface area contributed by atoms with Crippen LogP contribution in [0.25, 0.3) is 10.9 Å². The van der Waals surface area contributed by atoms with Crippen molar-refractivity contribution >= 4 is 10.9 Å². The third kappa shape index (κ3) is 1.79. The normalized spacial score (nSPS) is 11.9. The second-order valence-corrected chi connectivity index (χ2v) is 4.86. The topological polar surface area (TPSA) is 15.8 Å². The summed E-state index contributed by atoms with van der Waals surface area (Å²) in [5, 5.41) is 1.39. The van der Waals surface area contributed by atoms with E-state index in [0.29, 0.717) is 11.8 Å². The van der Waals surface area contributed by atoms with E-state index < -0.39 is 0 Å². The van der Waals surface area contributed by atoms with Crippen molar-refractivity contribution < 1.29 is 0 Å². The Hall–Kier alpha value is -1.24. The van der Waals surface area contributed by atoms with Crippen LogP contribution in [0.2, 0.25) is 0 Å². The zero-order valence-corrected chi connectivity index (χ0v) is 9.96. The Balaban J connectivity index is 2.61. The largest absolute Gasteiger partial charge is 0.361 e. The van der Waals surface area contributed by atoms with Crippen LogP contribution >= 0.6 is 0 Å². The summed E-state index contributed by atoms with van der Waals surface area (Å²) in [5.41, 5.74) is 4.10. The highest BCUT2D eigenvalue weighted by Gasteiger charge is 2.08. The number of aromatic nitrogens is 1. The van der Waals surface area contributed by atoms with Crippen LogP contribution in [0.1, 0.15) is 50.7 Å². The van der Waals surface area contributed by atoms with Crippen molar-refractivity contribution in [1.82, 2.24) is 4.98 Å². The fourth-order valence-electron chi connectivity index (χ4n) is 2.00. The molecule has 0 saturated carbocycles. The second kappa shape index (κ2) is 3.73. The Labute approximate surface area is 91.5 Å². The number of H-pyrrole nitrogens is 1. The smallest absolute Gasteiger partial charge is 0.0457 e. The molecule has 15 heavy (non-hydrogen) atoms. The van der Waals surface area contributed by atoms with Gasteiger partial charge in [-0.25, -0.2) is 0 Å². The zero-order chi connectivity index (χ0) is 11.0. The number of fused-ring (bicyclic) bond motifs is 1. The minimum absolute atomic E-state index is 0.584. The van der Waals surface area contributed by atoms with Gasteiger partial charge in [0.25, 0.3) is 0 Å². The Morgan fingerprint density at radius 1 is 1.00 bits per heavy atom. The van der Waals surface area contributed by atoms with Gasteiger partial charge < -0.3 is 4.98 Å². The maximum atomic E-state index is 3.34. The summed E-state index contributed by atoms with van der Waals surface area (Å²) in [7, 11) is 0. The molecular formula is C14H19N. The highest BCUT2D eigenvalue weighted by atomic mass is 14.7. The summed E-state index contributed by atoms with van der Waals surface area (Å²) in [6, 6.07) is 6.73. The molecular weight excluding hydrogens is 182 g/mol. The Morgan fingerprint density at radius 2 is 1.73 bits per heavy atom. The van der Waals surface area contributed by atoms with Crippen molar-refractivity contribution in [2.24, 2.45) is 0 Å². The van der Waals surface area contributed by atoms with Crippen LogP contribution in [0.4, 0.5) is 0 Å². The number of aromatic amines is 1. The Morgan fingerprint density at radius 3 is 2.33 bits per heavy atom. The van der Waals surface area contributed by atoms with Gasteiger partial charge in [0.2, 0.25) is 0 Å². The van der Waals surface area contributed by atoms with Gasteiger partial charge in [-0.3, -0.25) is 0 Å². The number of hydrogen-bond donors (Lipinski definition) is 1. The van der Waals surface area contributed by atoms with E-state index in [0.717, 1.165) is 0 Å². The average molecular weight is 201 g/mol. The van der Waals surface area contributed by atoms with Crippen LogP contribution in [0, 0.1) is 0 Å². The molecule has 0 fully saturated rings. The van der Waals surface area contributed by atoms with Gasteiger partial charge >= 0.3 is 0 Å². The molecule has 0 aliphatic heterocycles. The number of hydrogen-bond acceptors (Lipinski definition) is 0. The van der Waals surface area contributed by atoms with Crippen molar-refractivity contribution in [3.8, 4) is 0 Å². The lowest BCUT2D eigenvalue weighted by molar-refractivity contribution is 0.863. The first kappa shape index (κ1) is 10.3. The lowest BCUT2D eigenvalue weighted by Crippen LogP contribution is -1.88. The van der Waals surface area contributed by atoms with E-state index in [9.17, 15) is 0 Å². The van der Waals surface area contributed by atoms with E-state index in [1.54, 1.807) is 0 Å². The number of benzene rings is 1. The minimum Gasteiger partial charge on any atom is -0.361 e. The van der Waals surface area contributed by atoms with Gasteiger partial charge in [0.1, 0.15) is 0 Å². The molecule has 1 heteroatoms. The van der Waals surface area contributed by atoms with Crippen LogP contribution in [-0.2, 0) is 0 Å². The third-order valence-corrected chi connectivity index (χ3v) is 3.03. The summed E-state index contributed by atoms with van der Waals surface area (Å²) in [4.78, 5) is 3.34. The Bertz CT molecular complexity index is 463. The first-order valence-electron chi connectivity index (χ1n) is 5.70. The van der Waals surface area contributed by atoms with Crippen molar-refractivity contribution in [2.45, 2.75) is 39.5 Å². The molecule has 80 valence electrons. The van der Waals surface area contributed by atoms with Crippen molar-refractivity contribution in [3.63, 3.8) is 0 Å². The molecule has 1 N–H and O–H groups in total. The molecule has 0 atom stereocenters. The van der Waals surface area contributed by atoms with Crippen molar-refractivity contribution in [3.05, 3.63) is 35.5 Å². The fourth-order valence-corrected chi connectivity index (χ4v) is 2.00. The van der Waals surface area contributed by atoms with Gasteiger partial charge in [0.15, 0.2) is 0 Å². The predicted molar refractivity (Wildman–Crippen MR) is 66.5 cm³/mol. The van der Waals surface area contributed by atoms with Crippen LogP contribution in [0.5, 0.6) is 0 Å². The number of nitrogens with one attached hydrogen (secondary N) is 1. The van der Waals surface area contributed by atoms with E-state index in [-0.39, 0.29) is 0 Å². The highest BCUT2D eigenvalue weighted by molar-refractivity contribution is 5.84. The van der Waals surface area contributed by atoms with Gasteiger partial charge in [0, 0.05) is 17.1 Å². The predicted octanol–water partition coefficient (Wildman–Crippen LogP) is 4.41. The molecule has 0 bridgehead atoms. The minimum atomic E-state index is 0.584. The summed E-state index contributed by atoms with van der Waals surface area (Å²) in [6.07, 6.45) is 2.14. The van der Waals surface area contributed by atoms with Gasteiger partial charge in [0.05, 0.1) is 0 Å². The van der Waals surface area contributed by atoms with Gasteiger partial charge in [-0.05, 0) is 35.1 Å². The van der Waals surface area contributed by atoms with Crippen molar-refractivity contribution in [2.75, 3.05) is 0 Å². The van der Waals surface area contributed by atoms with Crippen LogP contribution in [0.15, 0.2) is 24.4 Å². The van der Waals surface area contributed by atoms with E-state index in [2.05, 4.69) is 57.1 Å². The quantitative estimate of drug-likeness (QED) is 0.740. The molecule has 2 aromatic rings. The SMILES string of the molecule is CC(C)c1ccc2[nH]cc(C(C)C)c2c1. The summed E-state index contributed by atoms with van der Waals surface area (Å²) in [5.74, 6) is 1.19. The molecule has 1 heterocycles. The van der Waals surface area contributed by atoms with E-state index in [1.807, 2.05) is 0 Å². The lowest BCUT2D eigenvalue weighted by Gasteiger charge is -2.07. The molecule has 1 aromatic heterocycles. The van der Waals surface area contributed by atoms with Gasteiger partial charge in [-0.1, -0.05) is 33.8 Å². The summed E-state index contributed by atoms with van der Waals surface area (Å²) in [6.45, 7) is 8.96. The molecule has 0 aliphatic carbocycles. The molecule has 0 radical (unpaired) electrons. The van der Waals surface area contributed by atoms with Crippen LogP contribution < -0.4 is 0 Å². The lowest BCUT2D eigenvalue weighted by atomic mass is 9.97. The molecule has 1 nitrogen and oxygen atoms in total. The molecule has 2 rings (SSSR count). The first-order valence-corrected chi connectivity index (χ1v) is 5.70. The molecule has 0 spiro atoms. The highest BCUT2D eigenvalue weighted by Crippen LogP contribution is 2.28. The number of rotatable bonds is 2. The maximum absolute atomic E-state index is 3.34. The summed E-state index contributed by atoms with van der Waals surface area (Å²) >= 11 is 0. The van der Waals surface area contributed by atoms with Crippen molar-refractivity contribution in [1.29, 1.82) is 0 Å². The fraction of sp³-hybridized carbons (Fsp3) is 0.429. The maximum Gasteiger partial charge on any atom is 0.0457 e. The van der Waals surface area contributed by atoms with E-state index in [1.165, 1.54) is 22.0 Å². The second-order valence-electron chi connectivity index (χ2n) is 4.86. The van der Waals surface area contributed by atoms with Gasteiger partial charge in [-0.15, -0.1) is 0 Å².